The number of hydrogen-bond acceptors (Lipinski definition) is 4. The Morgan fingerprint density at radius 3 is 2.62 bits per heavy atom. The molecule has 1 saturated heterocycles. The summed E-state index contributed by atoms with van der Waals surface area (Å²) in [4.78, 5) is 22.9. The molecule has 0 bridgehead atoms. The van der Waals surface area contributed by atoms with Gasteiger partial charge >= 0.3 is 0 Å². The van der Waals surface area contributed by atoms with Gasteiger partial charge in [-0.1, -0.05) is 11.8 Å². The van der Waals surface area contributed by atoms with Crippen molar-refractivity contribution in [3.8, 4) is 0 Å². The summed E-state index contributed by atoms with van der Waals surface area (Å²) in [5, 5.41) is 2.91. The standard InChI is InChI=1S/C11H10FNO2S/c12-8-3-1-7(2-4-8)11(15)9-6-16-10(14)5-13-9/h1-4,9,13H,5-6H2. The largest absolute Gasteiger partial charge is 0.299 e. The zero-order valence-electron chi connectivity index (χ0n) is 8.40. The predicted octanol–water partition coefficient (Wildman–Crippen LogP) is 1.24. The number of carbonyl (C=O) groups excluding carboxylic acids is 2. The van der Waals surface area contributed by atoms with E-state index in [-0.39, 0.29) is 29.3 Å². The van der Waals surface area contributed by atoms with Crippen LogP contribution >= 0.6 is 11.8 Å². The highest BCUT2D eigenvalue weighted by molar-refractivity contribution is 8.13. The van der Waals surface area contributed by atoms with Crippen LogP contribution < -0.4 is 5.32 Å². The maximum atomic E-state index is 12.7. The zero-order chi connectivity index (χ0) is 11.5. The van der Waals surface area contributed by atoms with Gasteiger partial charge in [0.2, 0.25) is 5.12 Å². The molecule has 1 aromatic carbocycles. The predicted molar refractivity (Wildman–Crippen MR) is 60.0 cm³/mol. The van der Waals surface area contributed by atoms with E-state index in [2.05, 4.69) is 5.32 Å². The lowest BCUT2D eigenvalue weighted by Gasteiger charge is -2.20. The molecular formula is C11H10FNO2S. The maximum Gasteiger partial charge on any atom is 0.202 e. The van der Waals surface area contributed by atoms with Crippen molar-refractivity contribution < 1.29 is 14.0 Å². The van der Waals surface area contributed by atoms with Crippen molar-refractivity contribution in [1.82, 2.24) is 5.32 Å². The maximum absolute atomic E-state index is 12.7. The topological polar surface area (TPSA) is 46.2 Å². The molecule has 5 heteroatoms. The van der Waals surface area contributed by atoms with Crippen molar-refractivity contribution in [2.75, 3.05) is 12.3 Å². The zero-order valence-corrected chi connectivity index (χ0v) is 9.22. The van der Waals surface area contributed by atoms with Gasteiger partial charge in [-0.05, 0) is 24.3 Å². The van der Waals surface area contributed by atoms with Gasteiger partial charge in [-0.25, -0.2) is 4.39 Å². The van der Waals surface area contributed by atoms with Gasteiger partial charge in [0.1, 0.15) is 5.82 Å². The van der Waals surface area contributed by atoms with Gasteiger partial charge in [0.25, 0.3) is 0 Å². The summed E-state index contributed by atoms with van der Waals surface area (Å²) in [6, 6.07) is 5.08. The molecule has 1 unspecified atom stereocenters. The molecule has 0 aromatic heterocycles. The molecule has 1 atom stereocenters. The molecule has 1 aliphatic heterocycles. The van der Waals surface area contributed by atoms with Crippen LogP contribution in [0.4, 0.5) is 4.39 Å². The third-order valence-electron chi connectivity index (χ3n) is 2.35. The van der Waals surface area contributed by atoms with E-state index in [9.17, 15) is 14.0 Å². The summed E-state index contributed by atoms with van der Waals surface area (Å²) in [6.45, 7) is 0.211. The van der Waals surface area contributed by atoms with Crippen molar-refractivity contribution in [2.45, 2.75) is 6.04 Å². The third kappa shape index (κ3) is 2.48. The van der Waals surface area contributed by atoms with E-state index in [4.69, 9.17) is 0 Å². The fourth-order valence-electron chi connectivity index (χ4n) is 1.48. The van der Waals surface area contributed by atoms with E-state index in [1.165, 1.54) is 24.3 Å². The molecule has 1 aromatic rings. The Balaban J connectivity index is 2.07. The molecule has 16 heavy (non-hydrogen) atoms. The Labute approximate surface area is 96.4 Å². The van der Waals surface area contributed by atoms with Gasteiger partial charge in [0.15, 0.2) is 5.78 Å². The lowest BCUT2D eigenvalue weighted by molar-refractivity contribution is -0.110. The lowest BCUT2D eigenvalue weighted by atomic mass is 10.1. The average Bonchev–Trinajstić information content (AvgIpc) is 2.30. The summed E-state index contributed by atoms with van der Waals surface area (Å²) >= 11 is 1.16. The molecule has 84 valence electrons. The summed E-state index contributed by atoms with van der Waals surface area (Å²) in [5.41, 5.74) is 0.467. The minimum atomic E-state index is -0.363. The summed E-state index contributed by atoms with van der Waals surface area (Å²) in [6.07, 6.45) is 0. The molecule has 1 heterocycles. The second kappa shape index (κ2) is 4.76. The smallest absolute Gasteiger partial charge is 0.202 e. The Morgan fingerprint density at radius 1 is 1.38 bits per heavy atom. The minimum absolute atomic E-state index is 0.0446. The van der Waals surface area contributed by atoms with Crippen LogP contribution in [0, 0.1) is 5.82 Å². The van der Waals surface area contributed by atoms with E-state index in [1.54, 1.807) is 0 Å². The summed E-state index contributed by atoms with van der Waals surface area (Å²) in [5.74, 6) is -0.0209. The van der Waals surface area contributed by atoms with Crippen LogP contribution in [0.3, 0.4) is 0 Å². The summed E-state index contributed by atoms with van der Waals surface area (Å²) < 4.78 is 12.7. The van der Waals surface area contributed by atoms with E-state index in [0.717, 1.165) is 11.8 Å². The van der Waals surface area contributed by atoms with E-state index >= 15 is 0 Å². The number of thioether (sulfide) groups is 1. The SMILES string of the molecule is O=C1CNC(C(=O)c2ccc(F)cc2)CS1. The van der Waals surface area contributed by atoms with E-state index in [1.807, 2.05) is 0 Å². The van der Waals surface area contributed by atoms with Crippen LogP contribution in [0.15, 0.2) is 24.3 Å². The highest BCUT2D eigenvalue weighted by Gasteiger charge is 2.25. The van der Waals surface area contributed by atoms with Gasteiger partial charge in [-0.2, -0.15) is 0 Å². The lowest BCUT2D eigenvalue weighted by Crippen LogP contribution is -2.45. The third-order valence-corrected chi connectivity index (χ3v) is 3.32. The van der Waals surface area contributed by atoms with Crippen molar-refractivity contribution in [3.63, 3.8) is 0 Å². The Bertz CT molecular complexity index is 408. The van der Waals surface area contributed by atoms with Crippen LogP contribution in [-0.4, -0.2) is 29.2 Å². The number of Topliss-reactive ketones (excluding diaryl/α,β-unsaturated/α-hetero) is 1. The fourth-order valence-corrected chi connectivity index (χ4v) is 2.28. The molecule has 3 nitrogen and oxygen atoms in total. The number of rotatable bonds is 2. The van der Waals surface area contributed by atoms with Gasteiger partial charge in [-0.3, -0.25) is 14.9 Å². The van der Waals surface area contributed by atoms with Gasteiger partial charge in [-0.15, -0.1) is 0 Å². The van der Waals surface area contributed by atoms with Crippen LogP contribution in [0.25, 0.3) is 0 Å². The second-order valence-corrected chi connectivity index (χ2v) is 4.56. The molecule has 1 fully saturated rings. The first-order chi connectivity index (χ1) is 7.66. The number of ketones is 1. The first kappa shape index (κ1) is 11.3. The molecule has 0 saturated carbocycles. The molecule has 0 amide bonds. The molecule has 1 aliphatic rings. The summed E-state index contributed by atoms with van der Waals surface area (Å²) in [7, 11) is 0. The molecule has 1 N–H and O–H groups in total. The molecule has 0 radical (unpaired) electrons. The highest BCUT2D eigenvalue weighted by atomic mass is 32.2. The Kier molecular flexibility index (Phi) is 3.36. The van der Waals surface area contributed by atoms with Gasteiger partial charge < -0.3 is 0 Å². The number of hydrogen-bond donors (Lipinski definition) is 1. The van der Waals surface area contributed by atoms with Crippen molar-refractivity contribution in [1.29, 1.82) is 0 Å². The second-order valence-electron chi connectivity index (χ2n) is 3.49. The highest BCUT2D eigenvalue weighted by Crippen LogP contribution is 2.14. The molecule has 2 rings (SSSR count). The normalized spacial score (nSPS) is 20.8. The van der Waals surface area contributed by atoms with Crippen LogP contribution in [-0.2, 0) is 4.79 Å². The number of halogens is 1. The van der Waals surface area contributed by atoms with Crippen LogP contribution in [0.2, 0.25) is 0 Å². The number of benzene rings is 1. The number of nitrogens with one attached hydrogen (secondary N) is 1. The van der Waals surface area contributed by atoms with Crippen molar-refractivity contribution in [3.05, 3.63) is 35.6 Å². The molecule has 0 aliphatic carbocycles. The Morgan fingerprint density at radius 2 is 2.06 bits per heavy atom. The molecule has 0 spiro atoms. The van der Waals surface area contributed by atoms with Gasteiger partial charge in [0.05, 0.1) is 12.6 Å². The monoisotopic (exact) mass is 239 g/mol. The Hall–Kier alpha value is -1.20. The van der Waals surface area contributed by atoms with Crippen LogP contribution in [0.5, 0.6) is 0 Å². The first-order valence-electron chi connectivity index (χ1n) is 4.85. The average molecular weight is 239 g/mol. The fraction of sp³-hybridized carbons (Fsp3) is 0.273. The minimum Gasteiger partial charge on any atom is -0.299 e. The van der Waals surface area contributed by atoms with Crippen LogP contribution in [0.1, 0.15) is 10.4 Å². The number of carbonyl (C=O) groups is 2. The first-order valence-corrected chi connectivity index (χ1v) is 5.84. The van der Waals surface area contributed by atoms with E-state index in [0.29, 0.717) is 11.3 Å². The molecular weight excluding hydrogens is 229 g/mol. The van der Waals surface area contributed by atoms with Crippen molar-refractivity contribution >= 4 is 22.7 Å². The quantitative estimate of drug-likeness (QED) is 0.789. The van der Waals surface area contributed by atoms with Gasteiger partial charge in [0, 0.05) is 11.3 Å². The van der Waals surface area contributed by atoms with E-state index < -0.39 is 0 Å². The van der Waals surface area contributed by atoms with Crippen molar-refractivity contribution in [2.24, 2.45) is 0 Å².